The van der Waals surface area contributed by atoms with E-state index >= 15 is 0 Å². The molecule has 128 valence electrons. The predicted molar refractivity (Wildman–Crippen MR) is 95.8 cm³/mol. The number of aryl methyl sites for hydroxylation is 2. The van der Waals surface area contributed by atoms with Gasteiger partial charge < -0.3 is 4.74 Å². The Hall–Kier alpha value is -1.95. The summed E-state index contributed by atoms with van der Waals surface area (Å²) in [6.45, 7) is 4.04. The van der Waals surface area contributed by atoms with Crippen LogP contribution in [-0.4, -0.2) is 22.7 Å². The van der Waals surface area contributed by atoms with Gasteiger partial charge in [-0.2, -0.15) is 0 Å². The number of rotatable bonds is 5. The largest absolute Gasteiger partial charge is 0.484 e. The Balaban J connectivity index is 1.51. The molecule has 0 bridgehead atoms. The molecule has 1 saturated carbocycles. The Labute approximate surface area is 146 Å². The molecule has 0 radical (unpaired) electrons. The number of anilines is 1. The van der Waals surface area contributed by atoms with Gasteiger partial charge in [0, 0.05) is 5.92 Å². The number of hydrogen-bond acceptors (Lipinski definition) is 5. The molecular weight excluding hydrogens is 322 g/mol. The monoisotopic (exact) mass is 345 g/mol. The lowest BCUT2D eigenvalue weighted by Gasteiger charge is -2.18. The minimum atomic E-state index is -0.209. The van der Waals surface area contributed by atoms with E-state index in [4.69, 9.17) is 4.74 Å². The zero-order chi connectivity index (χ0) is 16.9. The van der Waals surface area contributed by atoms with Crippen LogP contribution >= 0.6 is 11.3 Å². The lowest BCUT2D eigenvalue weighted by atomic mass is 9.90. The van der Waals surface area contributed by atoms with E-state index in [-0.39, 0.29) is 12.5 Å². The lowest BCUT2D eigenvalue weighted by molar-refractivity contribution is -0.118. The first-order chi connectivity index (χ1) is 11.6. The average Bonchev–Trinajstić information content (AvgIpc) is 3.05. The predicted octanol–water partition coefficient (Wildman–Crippen LogP) is 4.22. The van der Waals surface area contributed by atoms with E-state index in [0.29, 0.717) is 16.8 Å². The molecule has 1 aromatic heterocycles. The highest BCUT2D eigenvalue weighted by Crippen LogP contribution is 2.35. The molecule has 24 heavy (non-hydrogen) atoms. The Morgan fingerprint density at radius 3 is 2.75 bits per heavy atom. The number of carbonyl (C=O) groups excluding carboxylic acids is 1. The van der Waals surface area contributed by atoms with Gasteiger partial charge >= 0.3 is 0 Å². The number of benzene rings is 1. The third kappa shape index (κ3) is 4.32. The van der Waals surface area contributed by atoms with Crippen LogP contribution in [-0.2, 0) is 4.79 Å². The summed E-state index contributed by atoms with van der Waals surface area (Å²) in [4.78, 5) is 12.0. The third-order valence-corrected chi connectivity index (χ3v) is 5.49. The minimum Gasteiger partial charge on any atom is -0.484 e. The van der Waals surface area contributed by atoms with Crippen LogP contribution in [0.4, 0.5) is 5.13 Å². The number of nitrogens with zero attached hydrogens (tertiary/aromatic N) is 2. The summed E-state index contributed by atoms with van der Waals surface area (Å²) in [6, 6.07) is 5.81. The molecule has 0 atom stereocenters. The molecule has 3 rings (SSSR count). The minimum absolute atomic E-state index is 0.0269. The molecule has 5 nitrogen and oxygen atoms in total. The average molecular weight is 345 g/mol. The first-order valence-corrected chi connectivity index (χ1v) is 9.27. The van der Waals surface area contributed by atoms with Gasteiger partial charge in [0.2, 0.25) is 5.13 Å². The number of aromatic nitrogens is 2. The molecule has 6 heteroatoms. The molecule has 1 fully saturated rings. The smallest absolute Gasteiger partial charge is 0.264 e. The molecule has 1 aliphatic rings. The van der Waals surface area contributed by atoms with Crippen LogP contribution in [0.1, 0.15) is 54.2 Å². The van der Waals surface area contributed by atoms with Gasteiger partial charge in [-0.15, -0.1) is 10.2 Å². The molecule has 0 saturated heterocycles. The third-order valence-electron chi connectivity index (χ3n) is 4.49. The van der Waals surface area contributed by atoms with Gasteiger partial charge in [0.1, 0.15) is 10.8 Å². The fourth-order valence-electron chi connectivity index (χ4n) is 2.91. The van der Waals surface area contributed by atoms with Crippen molar-refractivity contribution in [2.24, 2.45) is 0 Å². The molecule has 2 aromatic rings. The second kappa shape index (κ2) is 7.75. The normalized spacial score (nSPS) is 15.2. The summed E-state index contributed by atoms with van der Waals surface area (Å²) >= 11 is 1.48. The fourth-order valence-corrected chi connectivity index (χ4v) is 3.84. The zero-order valence-corrected chi connectivity index (χ0v) is 15.0. The van der Waals surface area contributed by atoms with E-state index in [9.17, 15) is 4.79 Å². The fraction of sp³-hybridized carbons (Fsp3) is 0.500. The Morgan fingerprint density at radius 1 is 1.21 bits per heavy atom. The van der Waals surface area contributed by atoms with E-state index in [1.165, 1.54) is 49.0 Å². The van der Waals surface area contributed by atoms with Crippen LogP contribution in [0.2, 0.25) is 0 Å². The molecule has 1 aromatic carbocycles. The van der Waals surface area contributed by atoms with Gasteiger partial charge in [-0.3, -0.25) is 10.1 Å². The maximum atomic E-state index is 12.0. The van der Waals surface area contributed by atoms with E-state index in [1.54, 1.807) is 0 Å². The van der Waals surface area contributed by atoms with Crippen molar-refractivity contribution in [2.75, 3.05) is 11.9 Å². The number of carbonyl (C=O) groups is 1. The molecule has 1 aliphatic carbocycles. The van der Waals surface area contributed by atoms with E-state index in [2.05, 4.69) is 15.5 Å². The van der Waals surface area contributed by atoms with E-state index in [0.717, 1.165) is 10.6 Å². The van der Waals surface area contributed by atoms with Crippen LogP contribution in [0.25, 0.3) is 0 Å². The Kier molecular flexibility index (Phi) is 5.45. The molecule has 0 unspecified atom stereocenters. The zero-order valence-electron chi connectivity index (χ0n) is 14.2. The highest BCUT2D eigenvalue weighted by Gasteiger charge is 2.20. The van der Waals surface area contributed by atoms with Crippen LogP contribution in [0.15, 0.2) is 18.2 Å². The molecular formula is C18H23N3O2S. The molecule has 1 N–H and O–H groups in total. The van der Waals surface area contributed by atoms with Gasteiger partial charge in [0.05, 0.1) is 0 Å². The van der Waals surface area contributed by atoms with Crippen molar-refractivity contribution in [3.05, 3.63) is 34.3 Å². The highest BCUT2D eigenvalue weighted by molar-refractivity contribution is 7.15. The summed E-state index contributed by atoms with van der Waals surface area (Å²) in [7, 11) is 0. The van der Waals surface area contributed by atoms with Crippen molar-refractivity contribution in [2.45, 2.75) is 51.9 Å². The van der Waals surface area contributed by atoms with Gasteiger partial charge in [0.25, 0.3) is 5.91 Å². The molecule has 1 amide bonds. The Morgan fingerprint density at radius 2 is 2.00 bits per heavy atom. The topological polar surface area (TPSA) is 64.1 Å². The summed E-state index contributed by atoms with van der Waals surface area (Å²) in [5.41, 5.74) is 2.35. The standard InChI is InChI=1S/C18H23N3O2S/c1-12-8-9-15(10-13(12)2)23-11-16(22)19-18-21-20-17(24-18)14-6-4-3-5-7-14/h8-10,14H,3-7,11H2,1-2H3,(H,19,21,22). The second-order valence-corrected chi connectivity index (χ2v) is 7.37. The van der Waals surface area contributed by atoms with E-state index < -0.39 is 0 Å². The van der Waals surface area contributed by atoms with Crippen molar-refractivity contribution >= 4 is 22.4 Å². The van der Waals surface area contributed by atoms with Crippen LogP contribution in [0.5, 0.6) is 5.75 Å². The van der Waals surface area contributed by atoms with Gasteiger partial charge in [-0.05, 0) is 49.9 Å². The second-order valence-electron chi connectivity index (χ2n) is 6.36. The summed E-state index contributed by atoms with van der Waals surface area (Å²) in [6.07, 6.45) is 6.19. The maximum absolute atomic E-state index is 12.0. The number of hydrogen-bond donors (Lipinski definition) is 1. The van der Waals surface area contributed by atoms with Gasteiger partial charge in [-0.25, -0.2) is 0 Å². The molecule has 0 aliphatic heterocycles. The van der Waals surface area contributed by atoms with Crippen molar-refractivity contribution < 1.29 is 9.53 Å². The van der Waals surface area contributed by atoms with Crippen molar-refractivity contribution in [3.8, 4) is 5.75 Å². The Bertz CT molecular complexity index is 708. The number of amides is 1. The van der Waals surface area contributed by atoms with Crippen LogP contribution in [0, 0.1) is 13.8 Å². The summed E-state index contributed by atoms with van der Waals surface area (Å²) < 4.78 is 5.54. The molecule has 0 spiro atoms. The number of nitrogens with one attached hydrogen (secondary N) is 1. The van der Waals surface area contributed by atoms with E-state index in [1.807, 2.05) is 32.0 Å². The SMILES string of the molecule is Cc1ccc(OCC(=O)Nc2nnc(C3CCCCC3)s2)cc1C. The van der Waals surface area contributed by atoms with Crippen LogP contribution in [0.3, 0.4) is 0 Å². The summed E-state index contributed by atoms with van der Waals surface area (Å²) in [5, 5.41) is 12.7. The van der Waals surface area contributed by atoms with Crippen molar-refractivity contribution in [1.29, 1.82) is 0 Å². The lowest BCUT2D eigenvalue weighted by Crippen LogP contribution is -2.20. The maximum Gasteiger partial charge on any atom is 0.264 e. The summed E-state index contributed by atoms with van der Waals surface area (Å²) in [5.74, 6) is 1.00. The quantitative estimate of drug-likeness (QED) is 0.881. The first-order valence-electron chi connectivity index (χ1n) is 8.45. The van der Waals surface area contributed by atoms with Crippen LogP contribution < -0.4 is 10.1 Å². The van der Waals surface area contributed by atoms with Crippen molar-refractivity contribution in [3.63, 3.8) is 0 Å². The number of ether oxygens (including phenoxy) is 1. The van der Waals surface area contributed by atoms with Gasteiger partial charge in [0.15, 0.2) is 6.61 Å². The van der Waals surface area contributed by atoms with Gasteiger partial charge in [-0.1, -0.05) is 36.7 Å². The molecule has 1 heterocycles. The highest BCUT2D eigenvalue weighted by atomic mass is 32.1. The first kappa shape index (κ1) is 16.9. The van der Waals surface area contributed by atoms with Crippen molar-refractivity contribution in [1.82, 2.24) is 10.2 Å².